The molecule has 1 unspecified atom stereocenters. The molecular weight excluding hydrogens is 332 g/mol. The monoisotopic (exact) mass is 360 g/mol. The number of nitrogens with one attached hydrogen (secondary N) is 3. The van der Waals surface area contributed by atoms with Crippen molar-refractivity contribution in [3.05, 3.63) is 29.8 Å². The van der Waals surface area contributed by atoms with Crippen LogP contribution in [0, 0.1) is 11.8 Å². The van der Waals surface area contributed by atoms with Gasteiger partial charge in [0.25, 0.3) is 0 Å². The molecule has 1 saturated carbocycles. The molecule has 1 aliphatic carbocycles. The van der Waals surface area contributed by atoms with Gasteiger partial charge in [-0.05, 0) is 43.4 Å². The third kappa shape index (κ3) is 5.84. The SMILES string of the molecule is CC(NC(=O)CNC(=O)[C@@H](N)C(C)C)c1ccc(NC(=O)C2CC2)cc1. The molecule has 2 rings (SSSR count). The molecule has 1 fully saturated rings. The van der Waals surface area contributed by atoms with Crippen LogP contribution in [0.2, 0.25) is 0 Å². The van der Waals surface area contributed by atoms with E-state index in [1.807, 2.05) is 45.0 Å². The summed E-state index contributed by atoms with van der Waals surface area (Å²) in [6, 6.07) is 6.52. The second kappa shape index (κ2) is 8.80. The summed E-state index contributed by atoms with van der Waals surface area (Å²) in [4.78, 5) is 35.5. The summed E-state index contributed by atoms with van der Waals surface area (Å²) in [5.41, 5.74) is 7.40. The topological polar surface area (TPSA) is 113 Å². The molecule has 7 nitrogen and oxygen atoms in total. The molecule has 0 radical (unpaired) electrons. The summed E-state index contributed by atoms with van der Waals surface area (Å²) in [6.45, 7) is 5.45. The average molecular weight is 360 g/mol. The molecular formula is C19H28N4O3. The van der Waals surface area contributed by atoms with Crippen molar-refractivity contribution in [2.75, 3.05) is 11.9 Å². The predicted octanol–water partition coefficient (Wildman–Crippen LogP) is 1.31. The zero-order chi connectivity index (χ0) is 19.3. The number of hydrogen-bond donors (Lipinski definition) is 4. The maximum Gasteiger partial charge on any atom is 0.239 e. The number of amides is 3. The van der Waals surface area contributed by atoms with Crippen LogP contribution in [0.3, 0.4) is 0 Å². The van der Waals surface area contributed by atoms with Crippen molar-refractivity contribution in [1.29, 1.82) is 0 Å². The molecule has 1 aromatic carbocycles. The first-order valence-corrected chi connectivity index (χ1v) is 9.01. The van der Waals surface area contributed by atoms with Crippen LogP contribution in [0.4, 0.5) is 5.69 Å². The van der Waals surface area contributed by atoms with Crippen LogP contribution in [-0.2, 0) is 14.4 Å². The van der Waals surface area contributed by atoms with Gasteiger partial charge < -0.3 is 21.7 Å². The first-order chi connectivity index (χ1) is 12.3. The van der Waals surface area contributed by atoms with Crippen molar-refractivity contribution in [2.45, 2.75) is 45.7 Å². The van der Waals surface area contributed by atoms with Gasteiger partial charge in [0.15, 0.2) is 0 Å². The van der Waals surface area contributed by atoms with E-state index in [-0.39, 0.29) is 42.1 Å². The fourth-order valence-corrected chi connectivity index (χ4v) is 2.41. The maximum atomic E-state index is 12.0. The molecule has 1 aliphatic rings. The predicted molar refractivity (Wildman–Crippen MR) is 100 cm³/mol. The van der Waals surface area contributed by atoms with Crippen molar-refractivity contribution in [2.24, 2.45) is 17.6 Å². The van der Waals surface area contributed by atoms with Crippen LogP contribution < -0.4 is 21.7 Å². The Morgan fingerprint density at radius 2 is 1.73 bits per heavy atom. The van der Waals surface area contributed by atoms with Crippen LogP contribution in [0.25, 0.3) is 0 Å². The largest absolute Gasteiger partial charge is 0.348 e. The molecule has 0 saturated heterocycles. The zero-order valence-electron chi connectivity index (χ0n) is 15.5. The van der Waals surface area contributed by atoms with Gasteiger partial charge in [0.05, 0.1) is 18.6 Å². The number of hydrogen-bond acceptors (Lipinski definition) is 4. The standard InChI is InChI=1S/C19H28N4O3/c1-11(2)17(20)19(26)21-10-16(24)22-12(3)13-6-8-15(9-7-13)23-18(25)14-4-5-14/h6-9,11-12,14,17H,4-5,10,20H2,1-3H3,(H,21,26)(H,22,24)(H,23,25)/t12?,17-/m0/s1. The molecule has 142 valence electrons. The van der Waals surface area contributed by atoms with E-state index in [2.05, 4.69) is 16.0 Å². The van der Waals surface area contributed by atoms with Gasteiger partial charge in [-0.1, -0.05) is 26.0 Å². The lowest BCUT2D eigenvalue weighted by atomic mass is 10.1. The minimum Gasteiger partial charge on any atom is -0.348 e. The van der Waals surface area contributed by atoms with Crippen molar-refractivity contribution >= 4 is 23.4 Å². The van der Waals surface area contributed by atoms with Gasteiger partial charge in [0.2, 0.25) is 17.7 Å². The van der Waals surface area contributed by atoms with Crippen molar-refractivity contribution in [3.63, 3.8) is 0 Å². The molecule has 1 aromatic rings. The molecule has 0 spiro atoms. The minimum atomic E-state index is -0.626. The molecule has 26 heavy (non-hydrogen) atoms. The molecule has 3 amide bonds. The highest BCUT2D eigenvalue weighted by Gasteiger charge is 2.29. The summed E-state index contributed by atoms with van der Waals surface area (Å²) in [5.74, 6) is -0.385. The van der Waals surface area contributed by atoms with Gasteiger partial charge in [0.1, 0.15) is 0 Å². The quantitative estimate of drug-likeness (QED) is 0.560. The van der Waals surface area contributed by atoms with E-state index in [1.54, 1.807) is 0 Å². The lowest BCUT2D eigenvalue weighted by Gasteiger charge is -2.17. The van der Waals surface area contributed by atoms with E-state index in [1.165, 1.54) is 0 Å². The van der Waals surface area contributed by atoms with E-state index in [4.69, 9.17) is 5.73 Å². The summed E-state index contributed by atoms with van der Waals surface area (Å²) in [5, 5.41) is 8.25. The number of rotatable bonds is 8. The highest BCUT2D eigenvalue weighted by molar-refractivity contribution is 5.94. The lowest BCUT2D eigenvalue weighted by Crippen LogP contribution is -2.47. The fourth-order valence-electron chi connectivity index (χ4n) is 2.41. The zero-order valence-corrected chi connectivity index (χ0v) is 15.5. The van der Waals surface area contributed by atoms with E-state index < -0.39 is 6.04 Å². The average Bonchev–Trinajstić information content (AvgIpc) is 3.44. The van der Waals surface area contributed by atoms with Gasteiger partial charge in [-0.3, -0.25) is 14.4 Å². The normalized spacial score (nSPS) is 15.9. The van der Waals surface area contributed by atoms with Crippen LogP contribution in [0.1, 0.15) is 45.2 Å². The Hall–Kier alpha value is -2.41. The second-order valence-corrected chi connectivity index (χ2v) is 7.16. The highest BCUT2D eigenvalue weighted by Crippen LogP contribution is 2.30. The Balaban J connectivity index is 1.79. The van der Waals surface area contributed by atoms with E-state index in [9.17, 15) is 14.4 Å². The second-order valence-electron chi connectivity index (χ2n) is 7.16. The van der Waals surface area contributed by atoms with Crippen molar-refractivity contribution in [3.8, 4) is 0 Å². The molecule has 0 aliphatic heterocycles. The maximum absolute atomic E-state index is 12.0. The summed E-state index contributed by atoms with van der Waals surface area (Å²) in [6.07, 6.45) is 1.93. The molecule has 2 atom stereocenters. The first-order valence-electron chi connectivity index (χ1n) is 9.01. The van der Waals surface area contributed by atoms with Crippen LogP contribution in [0.15, 0.2) is 24.3 Å². The molecule has 0 heterocycles. The Morgan fingerprint density at radius 3 is 2.27 bits per heavy atom. The Labute approximate surface area is 154 Å². The molecule has 0 aromatic heterocycles. The summed E-state index contributed by atoms with van der Waals surface area (Å²) in [7, 11) is 0. The number of nitrogens with two attached hydrogens (primary N) is 1. The van der Waals surface area contributed by atoms with Crippen LogP contribution >= 0.6 is 0 Å². The number of carbonyl (C=O) groups excluding carboxylic acids is 3. The molecule has 7 heteroatoms. The molecule has 5 N–H and O–H groups in total. The summed E-state index contributed by atoms with van der Waals surface area (Å²) < 4.78 is 0. The van der Waals surface area contributed by atoms with E-state index in [0.29, 0.717) is 0 Å². The smallest absolute Gasteiger partial charge is 0.239 e. The van der Waals surface area contributed by atoms with E-state index in [0.717, 1.165) is 24.1 Å². The molecule has 0 bridgehead atoms. The lowest BCUT2D eigenvalue weighted by molar-refractivity contribution is -0.127. The number of anilines is 1. The van der Waals surface area contributed by atoms with Crippen molar-refractivity contribution < 1.29 is 14.4 Å². The minimum absolute atomic E-state index is 0.0101. The third-order valence-corrected chi connectivity index (χ3v) is 4.45. The third-order valence-electron chi connectivity index (χ3n) is 4.45. The van der Waals surface area contributed by atoms with Crippen LogP contribution in [0.5, 0.6) is 0 Å². The Bertz CT molecular complexity index is 653. The van der Waals surface area contributed by atoms with Gasteiger partial charge >= 0.3 is 0 Å². The fraction of sp³-hybridized carbons (Fsp3) is 0.526. The van der Waals surface area contributed by atoms with Gasteiger partial charge in [0, 0.05) is 11.6 Å². The van der Waals surface area contributed by atoms with Crippen molar-refractivity contribution in [1.82, 2.24) is 10.6 Å². The van der Waals surface area contributed by atoms with E-state index >= 15 is 0 Å². The van der Waals surface area contributed by atoms with Gasteiger partial charge in [-0.2, -0.15) is 0 Å². The Kier molecular flexibility index (Phi) is 6.74. The first kappa shape index (κ1) is 19.9. The highest BCUT2D eigenvalue weighted by atomic mass is 16.2. The number of benzene rings is 1. The summed E-state index contributed by atoms with van der Waals surface area (Å²) >= 11 is 0. The Morgan fingerprint density at radius 1 is 1.12 bits per heavy atom. The van der Waals surface area contributed by atoms with Gasteiger partial charge in [-0.15, -0.1) is 0 Å². The van der Waals surface area contributed by atoms with Crippen LogP contribution in [-0.4, -0.2) is 30.3 Å². The van der Waals surface area contributed by atoms with Gasteiger partial charge in [-0.25, -0.2) is 0 Å². The number of carbonyl (C=O) groups is 3.